The van der Waals surface area contributed by atoms with Crippen LogP contribution in [0, 0.1) is 5.41 Å². The molecule has 1 aliphatic carbocycles. The van der Waals surface area contributed by atoms with E-state index in [1.54, 1.807) is 0 Å². The van der Waals surface area contributed by atoms with Crippen LogP contribution in [-0.2, 0) is 6.42 Å². The molecule has 0 radical (unpaired) electrons. The second-order valence-electron chi connectivity index (χ2n) is 5.78. The summed E-state index contributed by atoms with van der Waals surface area (Å²) < 4.78 is 13.9. The highest BCUT2D eigenvalue weighted by Gasteiger charge is 2.23. The zero-order chi connectivity index (χ0) is 11.8. The molecule has 0 unspecified atom stereocenters. The van der Waals surface area contributed by atoms with E-state index in [4.69, 9.17) is 0 Å². The SMILES string of the molecule is CC(C)(C)CC1=C(F)CCc2ccccc21. The molecule has 0 spiro atoms. The minimum Gasteiger partial charge on any atom is -0.211 e. The van der Waals surface area contributed by atoms with Gasteiger partial charge in [-0.1, -0.05) is 45.0 Å². The van der Waals surface area contributed by atoms with Crippen molar-refractivity contribution in [3.8, 4) is 0 Å². The summed E-state index contributed by atoms with van der Waals surface area (Å²) in [6.45, 7) is 6.47. The van der Waals surface area contributed by atoms with E-state index in [1.165, 1.54) is 5.56 Å². The number of hydrogen-bond acceptors (Lipinski definition) is 0. The standard InChI is InChI=1S/C15H19F/c1-15(2,3)10-13-12-7-5-4-6-11(12)8-9-14(13)16/h4-7H,8-10H2,1-3H3. The predicted octanol–water partition coefficient (Wildman–Crippen LogP) is 4.75. The van der Waals surface area contributed by atoms with Crippen molar-refractivity contribution >= 4 is 5.57 Å². The van der Waals surface area contributed by atoms with Crippen molar-refractivity contribution in [1.29, 1.82) is 0 Å². The van der Waals surface area contributed by atoms with E-state index in [2.05, 4.69) is 32.9 Å². The third kappa shape index (κ3) is 2.34. The molecule has 1 heteroatoms. The highest BCUT2D eigenvalue weighted by Crippen LogP contribution is 2.39. The van der Waals surface area contributed by atoms with Gasteiger partial charge in [-0.05, 0) is 35.0 Å². The Morgan fingerprint density at radius 2 is 1.81 bits per heavy atom. The third-order valence-corrected chi connectivity index (χ3v) is 2.99. The maximum absolute atomic E-state index is 13.9. The molecule has 0 heterocycles. The molecule has 0 saturated carbocycles. The van der Waals surface area contributed by atoms with Crippen LogP contribution in [0.3, 0.4) is 0 Å². The molecule has 16 heavy (non-hydrogen) atoms. The quantitative estimate of drug-likeness (QED) is 0.638. The Bertz CT molecular complexity index is 421. The Labute approximate surface area is 97.2 Å². The van der Waals surface area contributed by atoms with Crippen LogP contribution < -0.4 is 0 Å². The lowest BCUT2D eigenvalue weighted by molar-refractivity contribution is 0.420. The number of benzene rings is 1. The molecular weight excluding hydrogens is 199 g/mol. The first-order valence-electron chi connectivity index (χ1n) is 5.93. The lowest BCUT2D eigenvalue weighted by atomic mass is 9.80. The van der Waals surface area contributed by atoms with Crippen LogP contribution in [0.2, 0.25) is 0 Å². The normalized spacial score (nSPS) is 16.2. The van der Waals surface area contributed by atoms with Gasteiger partial charge >= 0.3 is 0 Å². The van der Waals surface area contributed by atoms with Crippen molar-refractivity contribution < 1.29 is 4.39 Å². The Hall–Kier alpha value is -1.11. The van der Waals surface area contributed by atoms with Crippen molar-refractivity contribution in [2.24, 2.45) is 5.41 Å². The number of rotatable bonds is 1. The zero-order valence-electron chi connectivity index (χ0n) is 10.3. The molecule has 0 atom stereocenters. The van der Waals surface area contributed by atoms with Crippen molar-refractivity contribution in [3.05, 3.63) is 41.2 Å². The van der Waals surface area contributed by atoms with E-state index in [0.29, 0.717) is 6.42 Å². The summed E-state index contributed by atoms with van der Waals surface area (Å²) in [6.07, 6.45) is 2.23. The van der Waals surface area contributed by atoms with E-state index >= 15 is 0 Å². The van der Waals surface area contributed by atoms with Crippen LogP contribution in [0.5, 0.6) is 0 Å². The lowest BCUT2D eigenvalue weighted by Gasteiger charge is -2.25. The van der Waals surface area contributed by atoms with Crippen LogP contribution in [0.4, 0.5) is 4.39 Å². The number of allylic oxidation sites excluding steroid dienone is 2. The number of halogens is 1. The molecule has 1 aliphatic rings. The van der Waals surface area contributed by atoms with Gasteiger partial charge in [0.25, 0.3) is 0 Å². The van der Waals surface area contributed by atoms with Crippen LogP contribution in [0.25, 0.3) is 5.57 Å². The molecule has 2 rings (SSSR count). The first-order valence-corrected chi connectivity index (χ1v) is 5.93. The van der Waals surface area contributed by atoms with Crippen molar-refractivity contribution in [2.45, 2.75) is 40.0 Å². The van der Waals surface area contributed by atoms with Gasteiger partial charge in [-0.25, -0.2) is 4.39 Å². The zero-order valence-corrected chi connectivity index (χ0v) is 10.3. The topological polar surface area (TPSA) is 0 Å². The Kier molecular flexibility index (Phi) is 2.88. The van der Waals surface area contributed by atoms with Crippen LogP contribution in [-0.4, -0.2) is 0 Å². The largest absolute Gasteiger partial charge is 0.211 e. The van der Waals surface area contributed by atoms with E-state index in [0.717, 1.165) is 24.0 Å². The molecule has 0 aliphatic heterocycles. The van der Waals surface area contributed by atoms with Gasteiger partial charge in [0.15, 0.2) is 0 Å². The summed E-state index contributed by atoms with van der Waals surface area (Å²) in [6, 6.07) is 8.20. The molecule has 0 saturated heterocycles. The van der Waals surface area contributed by atoms with Crippen molar-refractivity contribution in [3.63, 3.8) is 0 Å². The van der Waals surface area contributed by atoms with Gasteiger partial charge in [-0.2, -0.15) is 0 Å². The van der Waals surface area contributed by atoms with Crippen molar-refractivity contribution in [2.75, 3.05) is 0 Å². The number of aryl methyl sites for hydroxylation is 1. The van der Waals surface area contributed by atoms with Gasteiger partial charge in [-0.15, -0.1) is 0 Å². The maximum atomic E-state index is 13.9. The summed E-state index contributed by atoms with van der Waals surface area (Å²) in [5.74, 6) is 0.0913. The summed E-state index contributed by atoms with van der Waals surface area (Å²) >= 11 is 0. The molecule has 1 aromatic rings. The van der Waals surface area contributed by atoms with Gasteiger partial charge in [-0.3, -0.25) is 0 Å². The van der Waals surface area contributed by atoms with Crippen molar-refractivity contribution in [1.82, 2.24) is 0 Å². The molecule has 0 N–H and O–H groups in total. The second kappa shape index (κ2) is 4.04. The molecular formula is C15H19F. The van der Waals surface area contributed by atoms with Crippen LogP contribution in [0.15, 0.2) is 30.1 Å². The smallest absolute Gasteiger partial charge is 0.104 e. The second-order valence-corrected chi connectivity index (χ2v) is 5.78. The monoisotopic (exact) mass is 218 g/mol. The fourth-order valence-corrected chi connectivity index (χ4v) is 2.30. The van der Waals surface area contributed by atoms with Gasteiger partial charge in [0.2, 0.25) is 0 Å². The Morgan fingerprint density at radius 1 is 1.12 bits per heavy atom. The first-order chi connectivity index (χ1) is 7.47. The molecule has 1 aromatic carbocycles. The average molecular weight is 218 g/mol. The van der Waals surface area contributed by atoms with E-state index in [1.807, 2.05) is 12.1 Å². The van der Waals surface area contributed by atoms with Crippen LogP contribution >= 0.6 is 0 Å². The predicted molar refractivity (Wildman–Crippen MR) is 66.9 cm³/mol. The van der Waals surface area contributed by atoms with E-state index < -0.39 is 0 Å². The van der Waals surface area contributed by atoms with Gasteiger partial charge in [0.1, 0.15) is 5.83 Å². The summed E-state index contributed by atoms with van der Waals surface area (Å²) in [5, 5.41) is 0. The minimum atomic E-state index is 0.0913. The van der Waals surface area contributed by atoms with E-state index in [9.17, 15) is 4.39 Å². The van der Waals surface area contributed by atoms with Gasteiger partial charge in [0.05, 0.1) is 0 Å². The van der Waals surface area contributed by atoms with E-state index in [-0.39, 0.29) is 11.2 Å². The molecule has 0 fully saturated rings. The minimum absolute atomic E-state index is 0.0913. The first kappa shape index (κ1) is 11.4. The molecule has 0 aromatic heterocycles. The Morgan fingerprint density at radius 3 is 2.50 bits per heavy atom. The average Bonchev–Trinajstić information content (AvgIpc) is 2.21. The Balaban J connectivity index is 2.42. The van der Waals surface area contributed by atoms with Gasteiger partial charge < -0.3 is 0 Å². The highest BCUT2D eigenvalue weighted by atomic mass is 19.1. The molecule has 0 bridgehead atoms. The summed E-state index contributed by atoms with van der Waals surface area (Å²) in [7, 11) is 0. The highest BCUT2D eigenvalue weighted by molar-refractivity contribution is 5.72. The molecule has 0 amide bonds. The molecule has 0 nitrogen and oxygen atoms in total. The maximum Gasteiger partial charge on any atom is 0.104 e. The fourth-order valence-electron chi connectivity index (χ4n) is 2.30. The third-order valence-electron chi connectivity index (χ3n) is 2.99. The molecule has 86 valence electrons. The summed E-state index contributed by atoms with van der Waals surface area (Å²) in [5.41, 5.74) is 3.48. The summed E-state index contributed by atoms with van der Waals surface area (Å²) in [4.78, 5) is 0. The lowest BCUT2D eigenvalue weighted by Crippen LogP contribution is -2.11. The number of fused-ring (bicyclic) bond motifs is 1. The number of hydrogen-bond donors (Lipinski definition) is 0. The van der Waals surface area contributed by atoms with Crippen LogP contribution in [0.1, 0.15) is 44.7 Å². The van der Waals surface area contributed by atoms with Gasteiger partial charge in [0, 0.05) is 6.42 Å². The fraction of sp³-hybridized carbons (Fsp3) is 0.467.